The molecule has 4 nitrogen and oxygen atoms in total. The van der Waals surface area contributed by atoms with E-state index in [2.05, 4.69) is 9.88 Å². The smallest absolute Gasteiger partial charge is 0.153 e. The van der Waals surface area contributed by atoms with Crippen LogP contribution in [-0.2, 0) is 0 Å². The van der Waals surface area contributed by atoms with Gasteiger partial charge in [0.25, 0.3) is 0 Å². The highest BCUT2D eigenvalue weighted by Gasteiger charge is 2.22. The second kappa shape index (κ2) is 5.59. The number of aliphatic hydroxyl groups excluding tert-OH is 1. The fourth-order valence-electron chi connectivity index (χ4n) is 2.87. The first-order valence-corrected chi connectivity index (χ1v) is 7.02. The summed E-state index contributed by atoms with van der Waals surface area (Å²) in [6.45, 7) is 1.85. The van der Waals surface area contributed by atoms with Crippen LogP contribution in [-0.4, -0.2) is 36.1 Å². The highest BCUT2D eigenvalue weighted by molar-refractivity contribution is 5.91. The minimum Gasteiger partial charge on any atom is -0.396 e. The van der Waals surface area contributed by atoms with Crippen LogP contribution in [0.1, 0.15) is 23.2 Å². The Labute approximate surface area is 118 Å². The van der Waals surface area contributed by atoms with Crippen LogP contribution in [0, 0.1) is 5.92 Å². The number of nitrogens with zero attached hydrogens (tertiary/aromatic N) is 2. The zero-order valence-corrected chi connectivity index (χ0v) is 11.3. The summed E-state index contributed by atoms with van der Waals surface area (Å²) >= 11 is 0. The van der Waals surface area contributed by atoms with Crippen LogP contribution in [0.4, 0.5) is 5.82 Å². The monoisotopic (exact) mass is 270 g/mol. The Kier molecular flexibility index (Phi) is 3.65. The van der Waals surface area contributed by atoms with E-state index in [9.17, 15) is 9.90 Å². The van der Waals surface area contributed by atoms with Crippen LogP contribution < -0.4 is 4.90 Å². The van der Waals surface area contributed by atoms with Crippen LogP contribution in [0.2, 0.25) is 0 Å². The number of aldehydes is 1. The number of hydrogen-bond acceptors (Lipinski definition) is 4. The average molecular weight is 270 g/mol. The van der Waals surface area contributed by atoms with Gasteiger partial charge in [0.05, 0.1) is 11.1 Å². The summed E-state index contributed by atoms with van der Waals surface area (Å²) in [4.78, 5) is 18.1. The van der Waals surface area contributed by atoms with Gasteiger partial charge < -0.3 is 10.0 Å². The summed E-state index contributed by atoms with van der Waals surface area (Å²) in [7, 11) is 0. The number of piperidine rings is 1. The fraction of sp³-hybridized carbons (Fsp3) is 0.375. The van der Waals surface area contributed by atoms with E-state index in [0.29, 0.717) is 5.56 Å². The third-order valence-corrected chi connectivity index (χ3v) is 3.94. The molecule has 1 aliphatic rings. The van der Waals surface area contributed by atoms with Gasteiger partial charge in [-0.2, -0.15) is 0 Å². The molecular formula is C16H18N2O2. The number of aliphatic hydroxyl groups is 1. The van der Waals surface area contributed by atoms with Gasteiger partial charge in [-0.05, 0) is 30.9 Å². The molecule has 0 amide bonds. The molecule has 1 saturated heterocycles. The van der Waals surface area contributed by atoms with Crippen molar-refractivity contribution in [3.8, 4) is 0 Å². The van der Waals surface area contributed by atoms with Gasteiger partial charge in [0.1, 0.15) is 5.82 Å². The molecule has 0 saturated carbocycles. The number of rotatable bonds is 3. The van der Waals surface area contributed by atoms with Crippen molar-refractivity contribution in [2.75, 3.05) is 24.6 Å². The first-order chi connectivity index (χ1) is 9.81. The summed E-state index contributed by atoms with van der Waals surface area (Å²) in [5, 5.41) is 10.3. The zero-order valence-electron chi connectivity index (χ0n) is 11.3. The number of fused-ring (bicyclic) bond motifs is 1. The molecule has 104 valence electrons. The Balaban J connectivity index is 2.02. The molecule has 2 aromatic rings. The van der Waals surface area contributed by atoms with Gasteiger partial charge in [0.15, 0.2) is 6.29 Å². The third-order valence-electron chi connectivity index (χ3n) is 3.94. The lowest BCUT2D eigenvalue weighted by Gasteiger charge is -2.33. The van der Waals surface area contributed by atoms with Crippen molar-refractivity contribution in [2.45, 2.75) is 12.8 Å². The Hall–Kier alpha value is -1.94. The first kappa shape index (κ1) is 13.1. The van der Waals surface area contributed by atoms with Crippen LogP contribution in [0.3, 0.4) is 0 Å². The average Bonchev–Trinajstić information content (AvgIpc) is 2.53. The molecule has 0 bridgehead atoms. The van der Waals surface area contributed by atoms with Gasteiger partial charge in [-0.1, -0.05) is 18.2 Å². The molecule has 1 aromatic carbocycles. The van der Waals surface area contributed by atoms with Gasteiger partial charge in [-0.25, -0.2) is 4.98 Å². The topological polar surface area (TPSA) is 53.4 Å². The Morgan fingerprint density at radius 1 is 1.40 bits per heavy atom. The SMILES string of the molecule is O=Cc1cc2ccccc2nc1N1CCCC(CO)C1. The number of hydrogen-bond donors (Lipinski definition) is 1. The molecule has 20 heavy (non-hydrogen) atoms. The van der Waals surface area contributed by atoms with Gasteiger partial charge in [-0.3, -0.25) is 4.79 Å². The number of pyridine rings is 1. The maximum absolute atomic E-state index is 11.3. The second-order valence-corrected chi connectivity index (χ2v) is 5.35. The molecule has 1 fully saturated rings. The van der Waals surface area contributed by atoms with Crippen molar-refractivity contribution in [1.29, 1.82) is 0 Å². The lowest BCUT2D eigenvalue weighted by Crippen LogP contribution is -2.37. The van der Waals surface area contributed by atoms with Crippen molar-refractivity contribution in [1.82, 2.24) is 4.98 Å². The van der Waals surface area contributed by atoms with Crippen molar-refractivity contribution >= 4 is 23.0 Å². The van der Waals surface area contributed by atoms with Crippen LogP contribution in [0.15, 0.2) is 30.3 Å². The standard InChI is InChI=1S/C16H18N2O2/c19-10-12-4-3-7-18(9-12)16-14(11-20)8-13-5-1-2-6-15(13)17-16/h1-2,5-6,8,11-12,19H,3-4,7,9-10H2. The minimum atomic E-state index is 0.195. The summed E-state index contributed by atoms with van der Waals surface area (Å²) in [6, 6.07) is 9.72. The van der Waals surface area contributed by atoms with Gasteiger partial charge in [0, 0.05) is 25.1 Å². The number of benzene rings is 1. The highest BCUT2D eigenvalue weighted by Crippen LogP contribution is 2.26. The van der Waals surface area contributed by atoms with Gasteiger partial charge in [0.2, 0.25) is 0 Å². The predicted molar refractivity (Wildman–Crippen MR) is 79.2 cm³/mol. The quantitative estimate of drug-likeness (QED) is 0.869. The maximum atomic E-state index is 11.3. The van der Waals surface area contributed by atoms with Crippen molar-refractivity contribution in [2.24, 2.45) is 5.92 Å². The van der Waals surface area contributed by atoms with Gasteiger partial charge >= 0.3 is 0 Å². The normalized spacial score (nSPS) is 19.2. The van der Waals surface area contributed by atoms with Gasteiger partial charge in [-0.15, -0.1) is 0 Å². The molecular weight excluding hydrogens is 252 g/mol. The lowest BCUT2D eigenvalue weighted by atomic mass is 9.98. The number of anilines is 1. The van der Waals surface area contributed by atoms with E-state index in [-0.39, 0.29) is 12.5 Å². The molecule has 1 aliphatic heterocycles. The first-order valence-electron chi connectivity index (χ1n) is 7.02. The maximum Gasteiger partial charge on any atom is 0.153 e. The van der Waals surface area contributed by atoms with E-state index in [0.717, 1.165) is 48.9 Å². The Morgan fingerprint density at radius 2 is 2.25 bits per heavy atom. The van der Waals surface area contributed by atoms with E-state index in [1.165, 1.54) is 0 Å². The fourth-order valence-corrected chi connectivity index (χ4v) is 2.87. The Morgan fingerprint density at radius 3 is 3.05 bits per heavy atom. The lowest BCUT2D eigenvalue weighted by molar-refractivity contribution is 0.112. The molecule has 0 aliphatic carbocycles. The molecule has 0 spiro atoms. The molecule has 1 aromatic heterocycles. The molecule has 1 atom stereocenters. The second-order valence-electron chi connectivity index (χ2n) is 5.35. The van der Waals surface area contributed by atoms with E-state index in [4.69, 9.17) is 0 Å². The van der Waals surface area contributed by atoms with Crippen LogP contribution >= 0.6 is 0 Å². The highest BCUT2D eigenvalue weighted by atomic mass is 16.3. The molecule has 4 heteroatoms. The summed E-state index contributed by atoms with van der Waals surface area (Å²) in [6.07, 6.45) is 2.94. The number of para-hydroxylation sites is 1. The molecule has 1 N–H and O–H groups in total. The molecule has 2 heterocycles. The zero-order chi connectivity index (χ0) is 13.9. The molecule has 3 rings (SSSR count). The van der Waals surface area contributed by atoms with E-state index in [1.54, 1.807) is 0 Å². The largest absolute Gasteiger partial charge is 0.396 e. The molecule has 1 unspecified atom stereocenters. The van der Waals surface area contributed by atoms with Crippen molar-refractivity contribution < 1.29 is 9.90 Å². The van der Waals surface area contributed by atoms with Crippen LogP contribution in [0.5, 0.6) is 0 Å². The van der Waals surface area contributed by atoms with Crippen molar-refractivity contribution in [3.63, 3.8) is 0 Å². The number of carbonyl (C=O) groups excluding carboxylic acids is 1. The minimum absolute atomic E-state index is 0.195. The van der Waals surface area contributed by atoms with E-state index < -0.39 is 0 Å². The number of carbonyl (C=O) groups is 1. The Bertz CT molecular complexity index is 627. The summed E-state index contributed by atoms with van der Waals surface area (Å²) < 4.78 is 0. The predicted octanol–water partition coefficient (Wildman–Crippen LogP) is 2.26. The van der Waals surface area contributed by atoms with E-state index >= 15 is 0 Å². The van der Waals surface area contributed by atoms with E-state index in [1.807, 2.05) is 30.3 Å². The van der Waals surface area contributed by atoms with Crippen LogP contribution in [0.25, 0.3) is 10.9 Å². The summed E-state index contributed by atoms with van der Waals surface area (Å²) in [5.41, 5.74) is 1.53. The summed E-state index contributed by atoms with van der Waals surface area (Å²) in [5.74, 6) is 1.02. The number of aromatic nitrogens is 1. The van der Waals surface area contributed by atoms with Crippen molar-refractivity contribution in [3.05, 3.63) is 35.9 Å². The third kappa shape index (κ3) is 2.39. The molecule has 0 radical (unpaired) electrons.